The molecule has 1 saturated heterocycles. The third kappa shape index (κ3) is 3.41. The summed E-state index contributed by atoms with van der Waals surface area (Å²) in [5.74, 6) is 1.25. The number of urea groups is 1. The molecule has 0 aromatic heterocycles. The quantitative estimate of drug-likeness (QED) is 0.789. The second-order valence-electron chi connectivity index (χ2n) is 4.16. The van der Waals surface area contributed by atoms with E-state index in [1.165, 1.54) is 0 Å². The maximum atomic E-state index is 11.5. The summed E-state index contributed by atoms with van der Waals surface area (Å²) in [5, 5.41) is 2.37. The van der Waals surface area contributed by atoms with Gasteiger partial charge in [-0.2, -0.15) is 11.8 Å². The van der Waals surface area contributed by atoms with E-state index in [9.17, 15) is 9.59 Å². The minimum atomic E-state index is -0.244. The molecule has 2 unspecified atom stereocenters. The van der Waals surface area contributed by atoms with Gasteiger partial charge in [-0.05, 0) is 17.9 Å². The monoisotopic (exact) mass is 230 g/mol. The largest absolute Gasteiger partial charge is 0.324 e. The Labute approximate surface area is 94.8 Å². The fourth-order valence-electron chi connectivity index (χ4n) is 1.67. The lowest BCUT2D eigenvalue weighted by molar-refractivity contribution is -0.125. The van der Waals surface area contributed by atoms with E-state index in [1.807, 2.05) is 6.92 Å². The van der Waals surface area contributed by atoms with Crippen LogP contribution in [0.15, 0.2) is 0 Å². The number of carbonyl (C=O) groups is 2. The maximum absolute atomic E-state index is 11.5. The highest BCUT2D eigenvalue weighted by molar-refractivity contribution is 7.98. The number of imide groups is 1. The van der Waals surface area contributed by atoms with Crippen molar-refractivity contribution >= 4 is 23.7 Å². The summed E-state index contributed by atoms with van der Waals surface area (Å²) in [5.41, 5.74) is 0. The molecule has 0 radical (unpaired) electrons. The molecule has 0 bridgehead atoms. The van der Waals surface area contributed by atoms with E-state index in [1.54, 1.807) is 16.7 Å². The summed E-state index contributed by atoms with van der Waals surface area (Å²) in [6.07, 6.45) is 2.05. The molecule has 0 aromatic rings. The van der Waals surface area contributed by atoms with Crippen molar-refractivity contribution in [3.8, 4) is 0 Å². The molecular formula is C10H18N2O2S. The predicted octanol–water partition coefficient (Wildman–Crippen LogP) is 1.17. The van der Waals surface area contributed by atoms with Gasteiger partial charge in [0.25, 0.3) is 0 Å². The third-order valence-electron chi connectivity index (χ3n) is 2.44. The standard InChI is InChI=1S/C10H18N2O2S/c1-7(6-15-3)4-12-5-8(2)9(13)11-10(12)14/h7-8H,4-6H2,1-3H3,(H,11,13,14). The van der Waals surface area contributed by atoms with Crippen LogP contribution in [-0.4, -0.2) is 41.9 Å². The first-order chi connectivity index (χ1) is 7.04. The number of amides is 3. The van der Waals surface area contributed by atoms with Crippen molar-refractivity contribution < 1.29 is 9.59 Å². The zero-order valence-corrected chi connectivity index (χ0v) is 10.3. The number of hydrogen-bond donors (Lipinski definition) is 1. The smallest absolute Gasteiger partial charge is 0.323 e. The van der Waals surface area contributed by atoms with Crippen LogP contribution in [0.25, 0.3) is 0 Å². The highest BCUT2D eigenvalue weighted by Crippen LogP contribution is 2.12. The maximum Gasteiger partial charge on any atom is 0.324 e. The number of nitrogens with zero attached hydrogens (tertiary/aromatic N) is 1. The molecule has 1 aliphatic rings. The van der Waals surface area contributed by atoms with Crippen LogP contribution in [0, 0.1) is 11.8 Å². The highest BCUT2D eigenvalue weighted by Gasteiger charge is 2.29. The Morgan fingerprint density at radius 2 is 2.27 bits per heavy atom. The molecule has 0 spiro atoms. The Hall–Kier alpha value is -0.710. The lowest BCUT2D eigenvalue weighted by Crippen LogP contribution is -2.54. The van der Waals surface area contributed by atoms with Gasteiger partial charge in [0.2, 0.25) is 5.91 Å². The topological polar surface area (TPSA) is 49.4 Å². The normalized spacial score (nSPS) is 23.9. The van der Waals surface area contributed by atoms with Gasteiger partial charge in [0.1, 0.15) is 0 Å². The molecule has 1 heterocycles. The zero-order chi connectivity index (χ0) is 11.4. The second kappa shape index (κ2) is 5.39. The average Bonchev–Trinajstić information content (AvgIpc) is 2.14. The Bertz CT molecular complexity index is 258. The lowest BCUT2D eigenvalue weighted by atomic mass is 10.1. The molecule has 0 saturated carbocycles. The van der Waals surface area contributed by atoms with Crippen LogP contribution >= 0.6 is 11.8 Å². The van der Waals surface area contributed by atoms with Gasteiger partial charge >= 0.3 is 6.03 Å². The first-order valence-corrected chi connectivity index (χ1v) is 6.52. The van der Waals surface area contributed by atoms with Crippen molar-refractivity contribution in [3.63, 3.8) is 0 Å². The number of carbonyl (C=O) groups excluding carboxylic acids is 2. The van der Waals surface area contributed by atoms with Crippen molar-refractivity contribution in [1.29, 1.82) is 0 Å². The second-order valence-corrected chi connectivity index (χ2v) is 5.07. The summed E-state index contributed by atoms with van der Waals surface area (Å²) in [7, 11) is 0. The van der Waals surface area contributed by atoms with Crippen molar-refractivity contribution in [2.75, 3.05) is 25.1 Å². The fourth-order valence-corrected chi connectivity index (χ4v) is 2.35. The van der Waals surface area contributed by atoms with Crippen molar-refractivity contribution in [2.24, 2.45) is 11.8 Å². The molecule has 0 aliphatic carbocycles. The van der Waals surface area contributed by atoms with Gasteiger partial charge < -0.3 is 4.90 Å². The van der Waals surface area contributed by atoms with Crippen LogP contribution in [-0.2, 0) is 4.79 Å². The lowest BCUT2D eigenvalue weighted by Gasteiger charge is -2.32. The Morgan fingerprint density at radius 1 is 1.60 bits per heavy atom. The van der Waals surface area contributed by atoms with E-state index >= 15 is 0 Å². The zero-order valence-electron chi connectivity index (χ0n) is 9.45. The van der Waals surface area contributed by atoms with Crippen molar-refractivity contribution in [2.45, 2.75) is 13.8 Å². The molecule has 1 aliphatic heterocycles. The summed E-state index contributed by atoms with van der Waals surface area (Å²) in [4.78, 5) is 24.4. The van der Waals surface area contributed by atoms with Gasteiger partial charge in [-0.1, -0.05) is 13.8 Å². The Kier molecular flexibility index (Phi) is 4.45. The molecule has 2 atom stereocenters. The molecule has 3 amide bonds. The van der Waals surface area contributed by atoms with E-state index < -0.39 is 0 Å². The molecule has 1 rings (SSSR count). The van der Waals surface area contributed by atoms with E-state index in [0.29, 0.717) is 12.5 Å². The fraction of sp³-hybridized carbons (Fsp3) is 0.800. The number of nitrogens with one attached hydrogen (secondary N) is 1. The summed E-state index contributed by atoms with van der Waals surface area (Å²) < 4.78 is 0. The van der Waals surface area contributed by atoms with Gasteiger partial charge in [0.15, 0.2) is 0 Å². The van der Waals surface area contributed by atoms with Gasteiger partial charge in [-0.25, -0.2) is 4.79 Å². The third-order valence-corrected chi connectivity index (χ3v) is 3.34. The van der Waals surface area contributed by atoms with Gasteiger partial charge in [-0.3, -0.25) is 10.1 Å². The molecule has 0 aromatic carbocycles. The predicted molar refractivity (Wildman–Crippen MR) is 61.8 cm³/mol. The molecule has 15 heavy (non-hydrogen) atoms. The van der Waals surface area contributed by atoms with Crippen molar-refractivity contribution in [3.05, 3.63) is 0 Å². The van der Waals surface area contributed by atoms with Gasteiger partial charge in [0.05, 0.1) is 5.92 Å². The minimum Gasteiger partial charge on any atom is -0.323 e. The highest BCUT2D eigenvalue weighted by atomic mass is 32.2. The Balaban J connectivity index is 2.47. The van der Waals surface area contributed by atoms with Crippen LogP contribution in [0.5, 0.6) is 0 Å². The first-order valence-electron chi connectivity index (χ1n) is 5.13. The molecule has 1 fully saturated rings. The molecule has 5 heteroatoms. The average molecular weight is 230 g/mol. The first kappa shape index (κ1) is 12.4. The Morgan fingerprint density at radius 3 is 2.87 bits per heavy atom. The van der Waals surface area contributed by atoms with Gasteiger partial charge in [0, 0.05) is 13.1 Å². The van der Waals surface area contributed by atoms with E-state index in [2.05, 4.69) is 18.5 Å². The van der Waals surface area contributed by atoms with Crippen LogP contribution in [0.4, 0.5) is 4.79 Å². The van der Waals surface area contributed by atoms with E-state index in [4.69, 9.17) is 0 Å². The SMILES string of the molecule is CSCC(C)CN1CC(C)C(=O)NC1=O. The molecule has 1 N–H and O–H groups in total. The molecular weight excluding hydrogens is 212 g/mol. The molecule has 4 nitrogen and oxygen atoms in total. The number of hydrogen-bond acceptors (Lipinski definition) is 3. The van der Waals surface area contributed by atoms with Crippen LogP contribution < -0.4 is 5.32 Å². The summed E-state index contributed by atoms with van der Waals surface area (Å²) >= 11 is 1.78. The van der Waals surface area contributed by atoms with Crippen LogP contribution in [0.1, 0.15) is 13.8 Å². The number of thioether (sulfide) groups is 1. The van der Waals surface area contributed by atoms with Crippen molar-refractivity contribution in [1.82, 2.24) is 10.2 Å². The minimum absolute atomic E-state index is 0.0934. The summed E-state index contributed by atoms with van der Waals surface area (Å²) in [6, 6.07) is -0.244. The van der Waals surface area contributed by atoms with Crippen LogP contribution in [0.2, 0.25) is 0 Å². The number of rotatable bonds is 4. The van der Waals surface area contributed by atoms with E-state index in [0.717, 1.165) is 12.3 Å². The van der Waals surface area contributed by atoms with E-state index in [-0.39, 0.29) is 17.9 Å². The summed E-state index contributed by atoms with van der Waals surface area (Å²) in [6.45, 7) is 5.23. The van der Waals surface area contributed by atoms with Gasteiger partial charge in [-0.15, -0.1) is 0 Å². The van der Waals surface area contributed by atoms with Crippen LogP contribution in [0.3, 0.4) is 0 Å². The molecule has 86 valence electrons.